The fraction of sp³-hybridized carbons (Fsp3) is 0.600. The number of hydrogen-bond acceptors (Lipinski definition) is 3. The van der Waals surface area contributed by atoms with Gasteiger partial charge in [-0.05, 0) is 49.8 Å². The molecule has 1 aliphatic heterocycles. The summed E-state index contributed by atoms with van der Waals surface area (Å²) in [4.78, 5) is 0.422. The average molecular weight is 296 g/mol. The van der Waals surface area contributed by atoms with Crippen LogP contribution in [0.2, 0.25) is 0 Å². The molecule has 2 unspecified atom stereocenters. The van der Waals surface area contributed by atoms with Crippen LogP contribution in [-0.2, 0) is 10.0 Å². The summed E-state index contributed by atoms with van der Waals surface area (Å²) in [6, 6.07) is 5.49. The molecule has 1 aromatic carbocycles. The Balaban J connectivity index is 2.41. The summed E-state index contributed by atoms with van der Waals surface area (Å²) in [5.74, 6) is 0.536. The van der Waals surface area contributed by atoms with Crippen LogP contribution in [0.3, 0.4) is 0 Å². The monoisotopic (exact) mass is 296 g/mol. The zero-order valence-corrected chi connectivity index (χ0v) is 13.3. The highest BCUT2D eigenvalue weighted by molar-refractivity contribution is 7.89. The summed E-state index contributed by atoms with van der Waals surface area (Å²) in [7, 11) is -3.45. The maximum Gasteiger partial charge on any atom is 0.243 e. The number of benzene rings is 1. The Kier molecular flexibility index (Phi) is 4.52. The number of rotatable bonds is 3. The van der Waals surface area contributed by atoms with Crippen molar-refractivity contribution >= 4 is 10.0 Å². The van der Waals surface area contributed by atoms with Crippen LogP contribution in [0.4, 0.5) is 0 Å². The smallest absolute Gasteiger partial charge is 0.243 e. The topological polar surface area (TPSA) is 63.4 Å². The van der Waals surface area contributed by atoms with E-state index in [4.69, 9.17) is 5.73 Å². The average Bonchev–Trinajstić information content (AvgIpc) is 2.40. The number of aryl methyl sites for hydroxylation is 2. The van der Waals surface area contributed by atoms with Crippen LogP contribution >= 0.6 is 0 Å². The molecule has 0 radical (unpaired) electrons. The quantitative estimate of drug-likeness (QED) is 0.928. The first-order valence-electron chi connectivity index (χ1n) is 7.15. The highest BCUT2D eigenvalue weighted by Crippen LogP contribution is 2.29. The summed E-state index contributed by atoms with van der Waals surface area (Å²) in [6.07, 6.45) is 1.75. The van der Waals surface area contributed by atoms with Crippen molar-refractivity contribution in [2.24, 2.45) is 11.7 Å². The van der Waals surface area contributed by atoms with Crippen LogP contribution in [0.5, 0.6) is 0 Å². The summed E-state index contributed by atoms with van der Waals surface area (Å²) in [5, 5.41) is 0. The molecule has 4 nitrogen and oxygen atoms in total. The van der Waals surface area contributed by atoms with Crippen LogP contribution in [-0.4, -0.2) is 31.9 Å². The number of nitrogens with zero attached hydrogens (tertiary/aromatic N) is 1. The molecule has 2 N–H and O–H groups in total. The Morgan fingerprint density at radius 2 is 2.05 bits per heavy atom. The molecule has 0 spiro atoms. The lowest BCUT2D eigenvalue weighted by Crippen LogP contribution is -2.49. The minimum Gasteiger partial charge on any atom is -0.329 e. The Hall–Kier alpha value is -0.910. The van der Waals surface area contributed by atoms with Gasteiger partial charge in [-0.15, -0.1) is 0 Å². The van der Waals surface area contributed by atoms with Gasteiger partial charge < -0.3 is 5.73 Å². The zero-order valence-electron chi connectivity index (χ0n) is 12.5. The Morgan fingerprint density at radius 1 is 1.35 bits per heavy atom. The third-order valence-corrected chi connectivity index (χ3v) is 6.22. The minimum atomic E-state index is -3.45. The van der Waals surface area contributed by atoms with E-state index in [1.807, 2.05) is 26.0 Å². The molecule has 1 aromatic rings. The van der Waals surface area contributed by atoms with E-state index < -0.39 is 10.0 Å². The van der Waals surface area contributed by atoms with E-state index in [-0.39, 0.29) is 6.04 Å². The van der Waals surface area contributed by atoms with E-state index in [1.165, 1.54) is 0 Å². The van der Waals surface area contributed by atoms with Crippen molar-refractivity contribution in [1.82, 2.24) is 4.31 Å². The number of nitrogens with two attached hydrogens (primary N) is 1. The minimum absolute atomic E-state index is 0.0799. The van der Waals surface area contributed by atoms with E-state index in [0.717, 1.165) is 24.0 Å². The molecule has 0 aliphatic carbocycles. The molecule has 1 aliphatic rings. The van der Waals surface area contributed by atoms with Crippen molar-refractivity contribution < 1.29 is 8.42 Å². The van der Waals surface area contributed by atoms with Crippen molar-refractivity contribution in [3.8, 4) is 0 Å². The molecular weight excluding hydrogens is 272 g/mol. The fourth-order valence-electron chi connectivity index (χ4n) is 2.87. The molecule has 2 atom stereocenters. The first-order chi connectivity index (χ1) is 9.36. The summed E-state index contributed by atoms with van der Waals surface area (Å²) >= 11 is 0. The van der Waals surface area contributed by atoms with Gasteiger partial charge in [-0.25, -0.2) is 8.42 Å². The highest BCUT2D eigenvalue weighted by Gasteiger charge is 2.35. The summed E-state index contributed by atoms with van der Waals surface area (Å²) in [5.41, 5.74) is 7.55. The molecule has 0 amide bonds. The second-order valence-electron chi connectivity index (χ2n) is 5.90. The zero-order chi connectivity index (χ0) is 14.9. The molecule has 1 heterocycles. The number of sulfonamides is 1. The fourth-order valence-corrected chi connectivity index (χ4v) is 4.84. The van der Waals surface area contributed by atoms with Gasteiger partial charge in [0.1, 0.15) is 0 Å². The van der Waals surface area contributed by atoms with Gasteiger partial charge in [0.05, 0.1) is 4.90 Å². The summed E-state index contributed by atoms with van der Waals surface area (Å²) in [6.45, 7) is 6.87. The van der Waals surface area contributed by atoms with Gasteiger partial charge in [0.25, 0.3) is 0 Å². The van der Waals surface area contributed by atoms with Crippen LogP contribution in [0, 0.1) is 19.8 Å². The van der Waals surface area contributed by atoms with Crippen LogP contribution in [0.1, 0.15) is 30.9 Å². The second-order valence-corrected chi connectivity index (χ2v) is 7.76. The third-order valence-electron chi connectivity index (χ3n) is 4.13. The standard InChI is InChI=1S/C15H24N2O2S/c1-11-4-5-13(3)15(9-11)20(18,19)17-7-6-12(2)8-14(17)10-16/h4-5,9,12,14H,6-8,10,16H2,1-3H3. The molecule has 0 aromatic heterocycles. The predicted octanol–water partition coefficient (Wildman–Crippen LogP) is 2.05. The molecule has 1 saturated heterocycles. The van der Waals surface area contributed by atoms with Gasteiger partial charge in [-0.1, -0.05) is 19.1 Å². The van der Waals surface area contributed by atoms with Gasteiger partial charge in [-0.3, -0.25) is 0 Å². The van der Waals surface area contributed by atoms with Gasteiger partial charge in [0.15, 0.2) is 0 Å². The van der Waals surface area contributed by atoms with Gasteiger partial charge >= 0.3 is 0 Å². The molecule has 112 valence electrons. The Labute approximate surface area is 122 Å². The number of hydrogen-bond donors (Lipinski definition) is 1. The van der Waals surface area contributed by atoms with E-state index >= 15 is 0 Å². The van der Waals surface area contributed by atoms with Gasteiger partial charge in [0.2, 0.25) is 10.0 Å². The van der Waals surface area contributed by atoms with Crippen molar-refractivity contribution in [2.75, 3.05) is 13.1 Å². The Morgan fingerprint density at radius 3 is 2.70 bits per heavy atom. The van der Waals surface area contributed by atoms with E-state index in [2.05, 4.69) is 6.92 Å². The van der Waals surface area contributed by atoms with E-state index in [1.54, 1.807) is 10.4 Å². The maximum absolute atomic E-state index is 12.9. The molecule has 20 heavy (non-hydrogen) atoms. The van der Waals surface area contributed by atoms with E-state index in [0.29, 0.717) is 23.9 Å². The molecule has 1 fully saturated rings. The second kappa shape index (κ2) is 5.84. The van der Waals surface area contributed by atoms with E-state index in [9.17, 15) is 8.42 Å². The number of piperidine rings is 1. The summed E-state index contributed by atoms with van der Waals surface area (Å²) < 4.78 is 27.4. The van der Waals surface area contributed by atoms with Crippen LogP contribution in [0.15, 0.2) is 23.1 Å². The lowest BCUT2D eigenvalue weighted by Gasteiger charge is -2.37. The third kappa shape index (κ3) is 2.90. The van der Waals surface area contributed by atoms with Crippen molar-refractivity contribution in [1.29, 1.82) is 0 Å². The van der Waals surface area contributed by atoms with Gasteiger partial charge in [-0.2, -0.15) is 4.31 Å². The van der Waals surface area contributed by atoms with Crippen molar-refractivity contribution in [3.05, 3.63) is 29.3 Å². The normalized spacial score (nSPS) is 24.8. The largest absolute Gasteiger partial charge is 0.329 e. The lowest BCUT2D eigenvalue weighted by atomic mass is 9.94. The van der Waals surface area contributed by atoms with Crippen LogP contribution < -0.4 is 5.73 Å². The molecule has 2 rings (SSSR count). The SMILES string of the molecule is Cc1ccc(C)c(S(=O)(=O)N2CCC(C)CC2CN)c1. The van der Waals surface area contributed by atoms with Crippen molar-refractivity contribution in [2.45, 2.75) is 44.6 Å². The molecule has 0 bridgehead atoms. The first kappa shape index (κ1) is 15.5. The van der Waals surface area contributed by atoms with Gasteiger partial charge in [0, 0.05) is 19.1 Å². The van der Waals surface area contributed by atoms with Crippen LogP contribution in [0.25, 0.3) is 0 Å². The first-order valence-corrected chi connectivity index (χ1v) is 8.59. The molecule has 5 heteroatoms. The maximum atomic E-state index is 12.9. The molecule has 0 saturated carbocycles. The molecular formula is C15H24N2O2S. The Bertz CT molecular complexity index is 584. The lowest BCUT2D eigenvalue weighted by molar-refractivity contribution is 0.211. The predicted molar refractivity (Wildman–Crippen MR) is 81.0 cm³/mol. The highest BCUT2D eigenvalue weighted by atomic mass is 32.2. The van der Waals surface area contributed by atoms with Crippen molar-refractivity contribution in [3.63, 3.8) is 0 Å².